The first-order chi connectivity index (χ1) is 14.6. The minimum atomic E-state index is 0.426. The highest BCUT2D eigenvalue weighted by atomic mass is 16.5. The third kappa shape index (κ3) is 3.16. The molecule has 30 heavy (non-hydrogen) atoms. The van der Waals surface area contributed by atoms with Crippen molar-refractivity contribution in [3.05, 3.63) is 77.5 Å². The van der Waals surface area contributed by atoms with Crippen LogP contribution < -0.4 is 9.14 Å². The summed E-state index contributed by atoms with van der Waals surface area (Å²) in [6.07, 6.45) is 2.09. The smallest absolute Gasteiger partial charge is 0.260 e. The van der Waals surface area contributed by atoms with E-state index >= 15 is 0 Å². The van der Waals surface area contributed by atoms with Crippen molar-refractivity contribution in [2.75, 3.05) is 0 Å². The number of rotatable bonds is 5. The van der Waals surface area contributed by atoms with Gasteiger partial charge in [0.15, 0.2) is 11.0 Å². The van der Waals surface area contributed by atoms with Gasteiger partial charge >= 0.3 is 0 Å². The van der Waals surface area contributed by atoms with E-state index in [1.807, 2.05) is 36.4 Å². The van der Waals surface area contributed by atoms with Crippen molar-refractivity contribution >= 4 is 27.5 Å². The zero-order valence-corrected chi connectivity index (χ0v) is 17.6. The molecule has 0 saturated heterocycles. The molecule has 0 amide bonds. The van der Waals surface area contributed by atoms with Crippen molar-refractivity contribution in [1.29, 1.82) is 0 Å². The van der Waals surface area contributed by atoms with Gasteiger partial charge in [0, 0.05) is 24.8 Å². The molecule has 0 fully saturated rings. The Morgan fingerprint density at radius 3 is 2.70 bits per heavy atom. The lowest BCUT2D eigenvalue weighted by molar-refractivity contribution is -0.492. The first-order valence-corrected chi connectivity index (χ1v) is 10.4. The molecule has 0 unspecified atom stereocenters. The fourth-order valence-corrected chi connectivity index (χ4v) is 4.20. The monoisotopic (exact) mass is 397 g/mol. The highest BCUT2D eigenvalue weighted by molar-refractivity contribution is 5.78. The van der Waals surface area contributed by atoms with Crippen LogP contribution in [-0.2, 0) is 13.0 Å². The number of fused-ring (bicyclic) bond motifs is 4. The number of para-hydroxylation sites is 1. The third-order valence-electron chi connectivity index (χ3n) is 5.53. The lowest BCUT2D eigenvalue weighted by atomic mass is 10.2. The average Bonchev–Trinajstić information content (AvgIpc) is 3.09. The molecule has 1 N–H and O–H groups in total. The maximum Gasteiger partial charge on any atom is 0.260 e. The van der Waals surface area contributed by atoms with Crippen LogP contribution in [0.3, 0.4) is 0 Å². The Morgan fingerprint density at radius 2 is 1.83 bits per heavy atom. The normalized spacial score (nSPS) is 11.6. The molecule has 5 aromatic rings. The SMILES string of the molecule is CCCc1[nH]c(C)c2c(C)nc3cc(OCc4ccc5ccccc5n4)ccc3[n+]12. The molecule has 3 heterocycles. The van der Waals surface area contributed by atoms with E-state index in [-0.39, 0.29) is 0 Å². The highest BCUT2D eigenvalue weighted by Gasteiger charge is 2.21. The molecular weight excluding hydrogens is 372 g/mol. The van der Waals surface area contributed by atoms with Crippen LogP contribution in [0.1, 0.15) is 36.3 Å². The van der Waals surface area contributed by atoms with E-state index in [1.54, 1.807) is 0 Å². The summed E-state index contributed by atoms with van der Waals surface area (Å²) in [5, 5.41) is 1.14. The molecule has 0 bridgehead atoms. The topological polar surface area (TPSA) is 54.9 Å². The highest BCUT2D eigenvalue weighted by Crippen LogP contribution is 2.22. The molecule has 5 nitrogen and oxygen atoms in total. The molecule has 0 radical (unpaired) electrons. The van der Waals surface area contributed by atoms with Gasteiger partial charge in [0.25, 0.3) is 5.82 Å². The minimum Gasteiger partial charge on any atom is -0.487 e. The zero-order valence-electron chi connectivity index (χ0n) is 17.6. The van der Waals surface area contributed by atoms with Gasteiger partial charge in [0.2, 0.25) is 0 Å². The first-order valence-electron chi connectivity index (χ1n) is 10.4. The molecular formula is C25H25N4O+. The van der Waals surface area contributed by atoms with Crippen molar-refractivity contribution in [2.45, 2.75) is 40.2 Å². The number of aromatic amines is 1. The molecule has 0 aliphatic carbocycles. The second-order valence-corrected chi connectivity index (χ2v) is 7.76. The molecule has 150 valence electrons. The molecule has 5 rings (SSSR count). The maximum atomic E-state index is 6.06. The second kappa shape index (κ2) is 7.41. The largest absolute Gasteiger partial charge is 0.487 e. The summed E-state index contributed by atoms with van der Waals surface area (Å²) >= 11 is 0. The van der Waals surface area contributed by atoms with Crippen LogP contribution in [0.2, 0.25) is 0 Å². The van der Waals surface area contributed by atoms with Crippen molar-refractivity contribution in [1.82, 2.24) is 15.0 Å². The van der Waals surface area contributed by atoms with Gasteiger partial charge in [0.1, 0.15) is 23.6 Å². The summed E-state index contributed by atoms with van der Waals surface area (Å²) in [7, 11) is 0. The Balaban J connectivity index is 1.49. The van der Waals surface area contributed by atoms with E-state index in [1.165, 1.54) is 11.3 Å². The van der Waals surface area contributed by atoms with E-state index in [4.69, 9.17) is 14.7 Å². The number of aryl methyl sites for hydroxylation is 3. The number of hydrogen-bond donors (Lipinski definition) is 1. The number of pyridine rings is 1. The summed E-state index contributed by atoms with van der Waals surface area (Å²) in [6.45, 7) is 6.81. The number of H-pyrrole nitrogens is 1. The number of benzene rings is 2. The average molecular weight is 398 g/mol. The van der Waals surface area contributed by atoms with Crippen molar-refractivity contribution in [2.24, 2.45) is 0 Å². The zero-order chi connectivity index (χ0) is 20.7. The van der Waals surface area contributed by atoms with Crippen molar-refractivity contribution in [3.63, 3.8) is 0 Å². The molecule has 0 aliphatic rings. The van der Waals surface area contributed by atoms with E-state index in [9.17, 15) is 0 Å². The molecule has 3 aromatic heterocycles. The minimum absolute atomic E-state index is 0.426. The predicted molar refractivity (Wildman–Crippen MR) is 119 cm³/mol. The van der Waals surface area contributed by atoms with Gasteiger partial charge in [-0.05, 0) is 37.6 Å². The summed E-state index contributed by atoms with van der Waals surface area (Å²) in [6, 6.07) is 18.4. The molecule has 0 saturated carbocycles. The van der Waals surface area contributed by atoms with Crippen LogP contribution >= 0.6 is 0 Å². The predicted octanol–water partition coefficient (Wildman–Crippen LogP) is 5.00. The summed E-state index contributed by atoms with van der Waals surface area (Å²) < 4.78 is 8.38. The quantitative estimate of drug-likeness (QED) is 0.425. The number of aromatic nitrogens is 4. The Morgan fingerprint density at radius 1 is 0.967 bits per heavy atom. The van der Waals surface area contributed by atoms with E-state index in [0.717, 1.165) is 57.6 Å². The molecule has 0 spiro atoms. The summed E-state index contributed by atoms with van der Waals surface area (Å²) in [5.74, 6) is 2.02. The number of nitrogens with one attached hydrogen (secondary N) is 1. The van der Waals surface area contributed by atoms with Gasteiger partial charge < -0.3 is 4.74 Å². The van der Waals surface area contributed by atoms with Gasteiger partial charge in [0.05, 0.1) is 16.9 Å². The van der Waals surface area contributed by atoms with Gasteiger partial charge in [-0.25, -0.2) is 15.0 Å². The van der Waals surface area contributed by atoms with Gasteiger partial charge in [-0.15, -0.1) is 0 Å². The van der Waals surface area contributed by atoms with Crippen LogP contribution in [0.15, 0.2) is 54.6 Å². The fourth-order valence-electron chi connectivity index (χ4n) is 4.20. The first kappa shape index (κ1) is 18.6. The Kier molecular flexibility index (Phi) is 4.58. The number of ether oxygens (including phenoxy) is 1. The molecule has 0 aliphatic heterocycles. The maximum absolute atomic E-state index is 6.06. The van der Waals surface area contributed by atoms with Crippen LogP contribution in [0.25, 0.3) is 27.5 Å². The van der Waals surface area contributed by atoms with Gasteiger partial charge in [-0.1, -0.05) is 31.2 Å². The Labute approximate surface area is 175 Å². The number of imidazole rings is 1. The second-order valence-electron chi connectivity index (χ2n) is 7.76. The van der Waals surface area contributed by atoms with E-state index in [2.05, 4.69) is 48.4 Å². The third-order valence-corrected chi connectivity index (χ3v) is 5.53. The van der Waals surface area contributed by atoms with E-state index < -0.39 is 0 Å². The summed E-state index contributed by atoms with van der Waals surface area (Å²) in [4.78, 5) is 13.1. The van der Waals surface area contributed by atoms with Crippen molar-refractivity contribution < 1.29 is 9.14 Å². The fraction of sp³-hybridized carbons (Fsp3) is 0.240. The summed E-state index contributed by atoms with van der Waals surface area (Å²) in [5.41, 5.74) is 7.28. The Hall–Kier alpha value is -3.47. The van der Waals surface area contributed by atoms with Gasteiger partial charge in [-0.2, -0.15) is 4.40 Å². The molecule has 2 aromatic carbocycles. The van der Waals surface area contributed by atoms with Crippen LogP contribution in [-0.4, -0.2) is 15.0 Å². The molecule has 0 atom stereocenters. The standard InChI is InChI=1S/C25H24N4O/c1-4-7-24-27-17(3)25-16(2)26-22-14-20(12-13-23(22)29(24)25)30-15-19-11-10-18-8-5-6-9-21(18)28-19/h5-6,8-14H,4,7,15H2,1-3H3/p+1. The lowest BCUT2D eigenvalue weighted by Crippen LogP contribution is -2.27. The number of nitrogens with zero attached hydrogens (tertiary/aromatic N) is 3. The Bertz CT molecular complexity index is 1390. The molecule has 5 heteroatoms. The van der Waals surface area contributed by atoms with E-state index in [0.29, 0.717) is 6.61 Å². The van der Waals surface area contributed by atoms with Crippen molar-refractivity contribution in [3.8, 4) is 5.75 Å². The van der Waals surface area contributed by atoms with Gasteiger partial charge in [-0.3, -0.25) is 0 Å². The lowest BCUT2D eigenvalue weighted by Gasteiger charge is -2.08. The van der Waals surface area contributed by atoms with Crippen LogP contribution in [0.4, 0.5) is 0 Å². The van der Waals surface area contributed by atoms with Crippen LogP contribution in [0.5, 0.6) is 5.75 Å². The van der Waals surface area contributed by atoms with Crippen LogP contribution in [0, 0.1) is 13.8 Å². The number of hydrogen-bond acceptors (Lipinski definition) is 3.